The van der Waals surface area contributed by atoms with Crippen LogP contribution >= 0.6 is 11.8 Å². The number of hydrogen-bond acceptors (Lipinski definition) is 5. The van der Waals surface area contributed by atoms with Gasteiger partial charge in [-0.2, -0.15) is 0 Å². The highest BCUT2D eigenvalue weighted by molar-refractivity contribution is 7.99. The number of nitrogens with one attached hydrogen (secondary N) is 2. The maximum atomic E-state index is 12.3. The van der Waals surface area contributed by atoms with Crippen molar-refractivity contribution in [3.05, 3.63) is 58.5 Å². The molecule has 2 heterocycles. The SMILES string of the molecule is Cc1ccc(-c2nc(SCC(=O)Nc3ccc4c(c3)n(C)c(=O)n4C)n[nH]2)cc1. The molecule has 0 aliphatic heterocycles. The van der Waals surface area contributed by atoms with Crippen molar-refractivity contribution in [1.82, 2.24) is 24.3 Å². The molecule has 0 radical (unpaired) electrons. The number of nitrogens with zero attached hydrogens (tertiary/aromatic N) is 4. The van der Waals surface area contributed by atoms with Crippen molar-refractivity contribution in [3.63, 3.8) is 0 Å². The Bertz CT molecular complexity index is 1250. The van der Waals surface area contributed by atoms with E-state index < -0.39 is 0 Å². The molecule has 0 saturated heterocycles. The molecule has 0 fully saturated rings. The van der Waals surface area contributed by atoms with Crippen LogP contribution in [0.15, 0.2) is 52.4 Å². The Labute approximate surface area is 171 Å². The molecule has 148 valence electrons. The number of benzene rings is 2. The number of anilines is 1. The van der Waals surface area contributed by atoms with Crippen molar-refractivity contribution in [2.45, 2.75) is 12.1 Å². The molecule has 0 atom stereocenters. The predicted octanol–water partition coefficient (Wildman–Crippen LogP) is 2.70. The topological polar surface area (TPSA) is 97.6 Å². The average molecular weight is 408 g/mol. The van der Waals surface area contributed by atoms with Gasteiger partial charge in [0.05, 0.1) is 16.8 Å². The first kappa shape index (κ1) is 19.0. The number of carbonyl (C=O) groups is 1. The van der Waals surface area contributed by atoms with E-state index in [1.165, 1.54) is 17.3 Å². The van der Waals surface area contributed by atoms with E-state index >= 15 is 0 Å². The van der Waals surface area contributed by atoms with Gasteiger partial charge in [0, 0.05) is 25.3 Å². The minimum atomic E-state index is -0.169. The van der Waals surface area contributed by atoms with Crippen molar-refractivity contribution in [2.24, 2.45) is 14.1 Å². The van der Waals surface area contributed by atoms with Gasteiger partial charge >= 0.3 is 5.69 Å². The number of aromatic nitrogens is 5. The van der Waals surface area contributed by atoms with Crippen molar-refractivity contribution >= 4 is 34.4 Å². The maximum absolute atomic E-state index is 12.3. The lowest BCUT2D eigenvalue weighted by atomic mass is 10.1. The van der Waals surface area contributed by atoms with Gasteiger partial charge in [-0.15, -0.1) is 5.10 Å². The molecular weight excluding hydrogens is 388 g/mol. The summed E-state index contributed by atoms with van der Waals surface area (Å²) in [4.78, 5) is 28.8. The molecule has 4 aromatic rings. The highest BCUT2D eigenvalue weighted by atomic mass is 32.2. The van der Waals surface area contributed by atoms with Crippen LogP contribution in [0.25, 0.3) is 22.4 Å². The van der Waals surface area contributed by atoms with Gasteiger partial charge in [0.1, 0.15) is 0 Å². The van der Waals surface area contributed by atoms with E-state index in [-0.39, 0.29) is 17.3 Å². The highest BCUT2D eigenvalue weighted by Gasteiger charge is 2.12. The molecule has 29 heavy (non-hydrogen) atoms. The molecule has 2 aromatic carbocycles. The van der Waals surface area contributed by atoms with Crippen molar-refractivity contribution in [2.75, 3.05) is 11.1 Å². The second-order valence-corrected chi connectivity index (χ2v) is 7.72. The summed E-state index contributed by atoms with van der Waals surface area (Å²) in [7, 11) is 3.43. The molecule has 2 N–H and O–H groups in total. The smallest absolute Gasteiger partial charge is 0.325 e. The number of fused-ring (bicyclic) bond motifs is 1. The van der Waals surface area contributed by atoms with Crippen LogP contribution in [0.1, 0.15) is 5.56 Å². The van der Waals surface area contributed by atoms with E-state index in [1.54, 1.807) is 35.4 Å². The Morgan fingerprint density at radius 2 is 1.83 bits per heavy atom. The van der Waals surface area contributed by atoms with Gasteiger partial charge in [-0.05, 0) is 25.1 Å². The molecule has 0 spiro atoms. The standard InChI is InChI=1S/C20H20N6O2S/c1-12-4-6-13(7-5-12)18-22-19(24-23-18)29-11-17(27)21-14-8-9-15-16(10-14)26(3)20(28)25(15)2/h4-10H,11H2,1-3H3,(H,21,27)(H,22,23,24). The van der Waals surface area contributed by atoms with E-state index in [4.69, 9.17) is 0 Å². The van der Waals surface area contributed by atoms with Crippen LogP contribution in [0.2, 0.25) is 0 Å². The van der Waals surface area contributed by atoms with Gasteiger partial charge in [-0.25, -0.2) is 9.78 Å². The molecule has 1 amide bonds. The number of imidazole rings is 1. The van der Waals surface area contributed by atoms with Crippen molar-refractivity contribution in [1.29, 1.82) is 0 Å². The van der Waals surface area contributed by atoms with Gasteiger partial charge in [0.15, 0.2) is 5.82 Å². The fraction of sp³-hybridized carbons (Fsp3) is 0.200. The molecule has 0 bridgehead atoms. The molecule has 0 aliphatic carbocycles. The van der Waals surface area contributed by atoms with Crippen molar-refractivity contribution in [3.8, 4) is 11.4 Å². The second-order valence-electron chi connectivity index (χ2n) is 6.77. The molecule has 4 rings (SSSR count). The van der Waals surface area contributed by atoms with Gasteiger partial charge in [-0.3, -0.25) is 19.0 Å². The highest BCUT2D eigenvalue weighted by Crippen LogP contribution is 2.21. The number of thioether (sulfide) groups is 1. The van der Waals surface area contributed by atoms with E-state index in [0.29, 0.717) is 16.7 Å². The molecule has 0 aliphatic rings. The summed E-state index contributed by atoms with van der Waals surface area (Å²) in [5, 5.41) is 10.4. The number of aryl methyl sites for hydroxylation is 3. The fourth-order valence-corrected chi connectivity index (χ4v) is 3.66. The van der Waals surface area contributed by atoms with E-state index in [2.05, 4.69) is 20.5 Å². The van der Waals surface area contributed by atoms with Gasteiger partial charge in [0.2, 0.25) is 11.1 Å². The maximum Gasteiger partial charge on any atom is 0.328 e. The fourth-order valence-electron chi connectivity index (χ4n) is 3.06. The molecule has 0 unspecified atom stereocenters. The summed E-state index contributed by atoms with van der Waals surface area (Å²) in [5.41, 5.74) is 4.23. The number of aromatic amines is 1. The number of carbonyl (C=O) groups excluding carboxylic acids is 1. The number of H-pyrrole nitrogens is 1. The third-order valence-electron chi connectivity index (χ3n) is 4.68. The van der Waals surface area contributed by atoms with Crippen LogP contribution in [0, 0.1) is 6.92 Å². The Kier molecular flexibility index (Phi) is 4.98. The van der Waals surface area contributed by atoms with Crippen LogP contribution in [-0.2, 0) is 18.9 Å². The summed E-state index contributed by atoms with van der Waals surface area (Å²) in [6.07, 6.45) is 0. The third kappa shape index (κ3) is 3.81. The summed E-state index contributed by atoms with van der Waals surface area (Å²) in [6, 6.07) is 13.4. The zero-order chi connectivity index (χ0) is 20.5. The first-order chi connectivity index (χ1) is 13.9. The summed E-state index contributed by atoms with van der Waals surface area (Å²) >= 11 is 1.25. The minimum Gasteiger partial charge on any atom is -0.325 e. The number of amides is 1. The van der Waals surface area contributed by atoms with Crippen LogP contribution < -0.4 is 11.0 Å². The molecule has 2 aromatic heterocycles. The minimum absolute atomic E-state index is 0.104. The predicted molar refractivity (Wildman–Crippen MR) is 114 cm³/mol. The van der Waals surface area contributed by atoms with Gasteiger partial charge < -0.3 is 5.32 Å². The lowest BCUT2D eigenvalue weighted by molar-refractivity contribution is -0.113. The Hall–Kier alpha value is -3.33. The largest absolute Gasteiger partial charge is 0.328 e. The lowest BCUT2D eigenvalue weighted by Gasteiger charge is -2.05. The summed E-state index contributed by atoms with van der Waals surface area (Å²) in [5.74, 6) is 0.678. The zero-order valence-electron chi connectivity index (χ0n) is 16.3. The Balaban J connectivity index is 1.40. The molecular formula is C20H20N6O2S. The van der Waals surface area contributed by atoms with Crippen LogP contribution in [0.3, 0.4) is 0 Å². The van der Waals surface area contributed by atoms with E-state index in [0.717, 1.165) is 16.6 Å². The second kappa shape index (κ2) is 7.59. The third-order valence-corrected chi connectivity index (χ3v) is 5.53. The summed E-state index contributed by atoms with van der Waals surface area (Å²) in [6.45, 7) is 2.03. The first-order valence-electron chi connectivity index (χ1n) is 9.00. The van der Waals surface area contributed by atoms with Crippen molar-refractivity contribution < 1.29 is 4.79 Å². The zero-order valence-corrected chi connectivity index (χ0v) is 17.1. The van der Waals surface area contributed by atoms with Gasteiger partial charge in [0.25, 0.3) is 0 Å². The molecule has 9 heteroatoms. The van der Waals surface area contributed by atoms with E-state index in [1.807, 2.05) is 37.3 Å². The monoisotopic (exact) mass is 408 g/mol. The van der Waals surface area contributed by atoms with Gasteiger partial charge in [-0.1, -0.05) is 41.6 Å². The van der Waals surface area contributed by atoms with Crippen LogP contribution in [0.4, 0.5) is 5.69 Å². The normalized spacial score (nSPS) is 11.1. The first-order valence-corrected chi connectivity index (χ1v) is 9.98. The Morgan fingerprint density at radius 1 is 1.10 bits per heavy atom. The lowest BCUT2D eigenvalue weighted by Crippen LogP contribution is -2.19. The molecule has 0 saturated carbocycles. The summed E-state index contributed by atoms with van der Waals surface area (Å²) < 4.78 is 3.13. The number of rotatable bonds is 5. The van der Waals surface area contributed by atoms with E-state index in [9.17, 15) is 9.59 Å². The van der Waals surface area contributed by atoms with Crippen LogP contribution in [-0.4, -0.2) is 36.0 Å². The number of hydrogen-bond donors (Lipinski definition) is 2. The quantitative estimate of drug-likeness (QED) is 0.495. The average Bonchev–Trinajstić information content (AvgIpc) is 3.27. The Morgan fingerprint density at radius 3 is 2.59 bits per heavy atom. The molecule has 8 nitrogen and oxygen atoms in total. The van der Waals surface area contributed by atoms with Crippen LogP contribution in [0.5, 0.6) is 0 Å².